The third kappa shape index (κ3) is 2.63. The Kier molecular flexibility index (Phi) is 3.63. The van der Waals surface area contributed by atoms with Gasteiger partial charge in [0.2, 0.25) is 0 Å². The van der Waals surface area contributed by atoms with Crippen molar-refractivity contribution in [2.45, 2.75) is 25.1 Å². The average molecular weight is 306 g/mol. The van der Waals surface area contributed by atoms with Gasteiger partial charge in [-0.3, -0.25) is 9.69 Å². The fourth-order valence-electron chi connectivity index (χ4n) is 1.95. The van der Waals surface area contributed by atoms with Crippen LogP contribution >= 0.6 is 27.3 Å². The Morgan fingerprint density at radius 1 is 1.62 bits per heavy atom. The number of likely N-dealkylation sites (tertiary alicyclic amines) is 1. The van der Waals surface area contributed by atoms with Gasteiger partial charge in [-0.2, -0.15) is 0 Å². The van der Waals surface area contributed by atoms with Crippen molar-refractivity contribution < 1.29 is 15.0 Å². The second-order valence-corrected chi connectivity index (χ2v) is 6.43. The summed E-state index contributed by atoms with van der Waals surface area (Å²) in [6, 6.07) is 3.36. The summed E-state index contributed by atoms with van der Waals surface area (Å²) in [5.41, 5.74) is 0. The van der Waals surface area contributed by atoms with E-state index in [-0.39, 0.29) is 0 Å². The molecule has 0 saturated carbocycles. The molecule has 16 heavy (non-hydrogen) atoms. The van der Waals surface area contributed by atoms with Crippen molar-refractivity contribution in [1.29, 1.82) is 0 Å². The van der Waals surface area contributed by atoms with E-state index in [1.54, 1.807) is 11.3 Å². The number of carboxylic acid groups (broad SMARTS) is 1. The first-order chi connectivity index (χ1) is 7.56. The largest absolute Gasteiger partial charge is 0.480 e. The molecule has 0 aromatic carbocycles. The van der Waals surface area contributed by atoms with Gasteiger partial charge in [0.05, 0.1) is 9.89 Å². The molecular formula is C10H12BrNO3S. The van der Waals surface area contributed by atoms with Crippen LogP contribution in [-0.2, 0) is 11.3 Å². The highest BCUT2D eigenvalue weighted by Crippen LogP contribution is 2.26. The lowest BCUT2D eigenvalue weighted by atomic mass is 10.2. The minimum atomic E-state index is -0.854. The highest BCUT2D eigenvalue weighted by atomic mass is 79.9. The lowest BCUT2D eigenvalue weighted by Crippen LogP contribution is -2.35. The lowest BCUT2D eigenvalue weighted by molar-refractivity contribution is -0.142. The maximum atomic E-state index is 11.0. The Morgan fingerprint density at radius 3 is 2.94 bits per heavy atom. The molecule has 1 aromatic heterocycles. The highest BCUT2D eigenvalue weighted by molar-refractivity contribution is 9.11. The number of hydrogen-bond donors (Lipinski definition) is 2. The summed E-state index contributed by atoms with van der Waals surface area (Å²) in [6.07, 6.45) is -0.202. The molecule has 0 bridgehead atoms. The molecule has 88 valence electrons. The van der Waals surface area contributed by atoms with Gasteiger partial charge < -0.3 is 10.2 Å². The van der Waals surface area contributed by atoms with Gasteiger partial charge in [-0.15, -0.1) is 11.3 Å². The molecule has 1 saturated heterocycles. The maximum Gasteiger partial charge on any atom is 0.321 e. The topological polar surface area (TPSA) is 60.8 Å². The van der Waals surface area contributed by atoms with E-state index in [0.29, 0.717) is 19.5 Å². The quantitative estimate of drug-likeness (QED) is 0.889. The number of carboxylic acids is 1. The summed E-state index contributed by atoms with van der Waals surface area (Å²) < 4.78 is 1.04. The van der Waals surface area contributed by atoms with E-state index in [0.717, 1.165) is 8.66 Å². The third-order valence-electron chi connectivity index (χ3n) is 2.65. The molecule has 6 heteroatoms. The van der Waals surface area contributed by atoms with Crippen molar-refractivity contribution in [1.82, 2.24) is 4.90 Å². The SMILES string of the molecule is O=C(O)C1CC(O)CN1Cc1ccc(Br)s1. The molecule has 2 heterocycles. The van der Waals surface area contributed by atoms with Gasteiger partial charge in [-0.1, -0.05) is 0 Å². The van der Waals surface area contributed by atoms with E-state index < -0.39 is 18.1 Å². The van der Waals surface area contributed by atoms with Gasteiger partial charge in [0.1, 0.15) is 6.04 Å². The van der Waals surface area contributed by atoms with Crippen molar-refractivity contribution >= 4 is 33.2 Å². The zero-order valence-electron chi connectivity index (χ0n) is 8.47. The number of aliphatic hydroxyl groups is 1. The second-order valence-electron chi connectivity index (χ2n) is 3.88. The van der Waals surface area contributed by atoms with Crippen LogP contribution in [0.5, 0.6) is 0 Å². The summed E-state index contributed by atoms with van der Waals surface area (Å²) in [6.45, 7) is 1.02. The molecule has 1 aliphatic heterocycles. The van der Waals surface area contributed by atoms with E-state index >= 15 is 0 Å². The maximum absolute atomic E-state index is 11.0. The summed E-state index contributed by atoms with van der Waals surface area (Å²) in [4.78, 5) is 13.9. The molecule has 1 aromatic rings. The number of hydrogen-bond acceptors (Lipinski definition) is 4. The molecule has 2 unspecified atom stereocenters. The summed E-state index contributed by atoms with van der Waals surface area (Å²) in [5.74, 6) is -0.854. The smallest absolute Gasteiger partial charge is 0.321 e. The fourth-order valence-corrected chi connectivity index (χ4v) is 3.46. The predicted molar refractivity (Wildman–Crippen MR) is 64.5 cm³/mol. The molecule has 0 radical (unpaired) electrons. The van der Waals surface area contributed by atoms with E-state index in [2.05, 4.69) is 15.9 Å². The Balaban J connectivity index is 2.05. The van der Waals surface area contributed by atoms with Crippen LogP contribution < -0.4 is 0 Å². The third-order valence-corrected chi connectivity index (χ3v) is 4.26. The Bertz CT molecular complexity index is 395. The molecule has 4 nitrogen and oxygen atoms in total. The summed E-state index contributed by atoms with van der Waals surface area (Å²) >= 11 is 4.96. The van der Waals surface area contributed by atoms with Crippen LogP contribution in [0.4, 0.5) is 0 Å². The number of β-amino-alcohol motifs (C(OH)–C–C–N with tert-alkyl or cyclic N) is 1. The predicted octanol–water partition coefficient (Wildman–Crippen LogP) is 1.53. The number of thiophene rings is 1. The van der Waals surface area contributed by atoms with Crippen LogP contribution in [0.25, 0.3) is 0 Å². The average Bonchev–Trinajstić information content (AvgIpc) is 2.74. The normalized spacial score (nSPS) is 26.1. The van der Waals surface area contributed by atoms with Gasteiger partial charge in [0, 0.05) is 24.4 Å². The number of halogens is 1. The van der Waals surface area contributed by atoms with Gasteiger partial charge in [0.15, 0.2) is 0 Å². The summed E-state index contributed by atoms with van der Waals surface area (Å²) in [7, 11) is 0. The van der Waals surface area contributed by atoms with Gasteiger partial charge >= 0.3 is 5.97 Å². The van der Waals surface area contributed by atoms with Crippen molar-refractivity contribution in [3.05, 3.63) is 20.8 Å². The molecule has 2 N–H and O–H groups in total. The first-order valence-corrected chi connectivity index (χ1v) is 6.56. The summed E-state index contributed by atoms with van der Waals surface area (Å²) in [5, 5.41) is 18.5. The Morgan fingerprint density at radius 2 is 2.38 bits per heavy atom. The van der Waals surface area contributed by atoms with Gasteiger partial charge in [-0.05, 0) is 28.1 Å². The van der Waals surface area contributed by atoms with Crippen molar-refractivity contribution in [2.24, 2.45) is 0 Å². The molecular weight excluding hydrogens is 294 g/mol. The van der Waals surface area contributed by atoms with Crippen LogP contribution in [0.1, 0.15) is 11.3 Å². The second kappa shape index (κ2) is 4.83. The molecule has 1 fully saturated rings. The fraction of sp³-hybridized carbons (Fsp3) is 0.500. The minimum Gasteiger partial charge on any atom is -0.480 e. The zero-order chi connectivity index (χ0) is 11.7. The number of carbonyl (C=O) groups is 1. The van der Waals surface area contributed by atoms with Crippen molar-refractivity contribution in [2.75, 3.05) is 6.54 Å². The Hall–Kier alpha value is -0.430. The van der Waals surface area contributed by atoms with Crippen molar-refractivity contribution in [3.8, 4) is 0 Å². The Labute approximate surface area is 106 Å². The van der Waals surface area contributed by atoms with E-state index in [4.69, 9.17) is 5.11 Å². The van der Waals surface area contributed by atoms with Crippen LogP contribution in [0.3, 0.4) is 0 Å². The van der Waals surface area contributed by atoms with E-state index in [1.807, 2.05) is 17.0 Å². The number of aliphatic carboxylic acids is 1. The van der Waals surface area contributed by atoms with E-state index in [9.17, 15) is 9.90 Å². The van der Waals surface area contributed by atoms with Crippen molar-refractivity contribution in [3.63, 3.8) is 0 Å². The molecule has 2 rings (SSSR count). The van der Waals surface area contributed by atoms with Gasteiger partial charge in [-0.25, -0.2) is 0 Å². The van der Waals surface area contributed by atoms with Gasteiger partial charge in [0.25, 0.3) is 0 Å². The zero-order valence-corrected chi connectivity index (χ0v) is 10.9. The molecule has 0 spiro atoms. The molecule has 2 atom stereocenters. The first kappa shape index (κ1) is 12.0. The molecule has 0 amide bonds. The van der Waals surface area contributed by atoms with Crippen LogP contribution in [0, 0.1) is 0 Å². The minimum absolute atomic E-state index is 0.321. The number of rotatable bonds is 3. The molecule has 1 aliphatic rings. The van der Waals surface area contributed by atoms with Crippen LogP contribution in [0.2, 0.25) is 0 Å². The monoisotopic (exact) mass is 305 g/mol. The number of aliphatic hydroxyl groups excluding tert-OH is 1. The standard InChI is InChI=1S/C10H12BrNO3S/c11-9-2-1-7(16-9)5-12-4-6(13)3-8(12)10(14)15/h1-2,6,8,13H,3-5H2,(H,14,15). The highest BCUT2D eigenvalue weighted by Gasteiger charge is 2.35. The first-order valence-electron chi connectivity index (χ1n) is 4.95. The van der Waals surface area contributed by atoms with Crippen LogP contribution in [0.15, 0.2) is 15.9 Å². The van der Waals surface area contributed by atoms with Crippen LogP contribution in [-0.4, -0.2) is 39.8 Å². The molecule has 0 aliphatic carbocycles. The lowest BCUT2D eigenvalue weighted by Gasteiger charge is -2.19. The van der Waals surface area contributed by atoms with E-state index in [1.165, 1.54) is 0 Å². The number of nitrogens with zero attached hydrogens (tertiary/aromatic N) is 1.